The van der Waals surface area contributed by atoms with Crippen molar-refractivity contribution < 1.29 is 23.1 Å². The van der Waals surface area contributed by atoms with Crippen molar-refractivity contribution in [2.24, 2.45) is 0 Å². The topological polar surface area (TPSA) is 104 Å². The lowest BCUT2D eigenvalue weighted by molar-refractivity contribution is -0.136. The number of carboxylic acid groups (broad SMARTS) is 1. The standard InChI is InChI=1S/C19H22Cl2N2O3S2.C12H8Cl2O2S/c20-15-3-1-4-16(21)19(15)17-6-5-14(27-17)13-18(24)22-7-2-8-23-9-11-28(25,26)12-10-23;13-8-2-1-3-9(14)12(8)10-5-4-7(17-10)6-11(15)16/h1,3-6H,2,7-13H2,(H,22,24);1-5H,6H2,(H,15,16). The van der Waals surface area contributed by atoms with Gasteiger partial charge >= 0.3 is 5.97 Å². The van der Waals surface area contributed by atoms with E-state index in [0.717, 1.165) is 43.6 Å². The number of halogens is 4. The molecule has 0 bridgehead atoms. The van der Waals surface area contributed by atoms with E-state index in [2.05, 4.69) is 10.2 Å². The van der Waals surface area contributed by atoms with E-state index in [1.165, 1.54) is 22.7 Å². The number of amides is 1. The first-order chi connectivity index (χ1) is 21.4. The van der Waals surface area contributed by atoms with Crippen LogP contribution in [-0.4, -0.2) is 68.0 Å². The summed E-state index contributed by atoms with van der Waals surface area (Å²) < 4.78 is 22.8. The first kappa shape index (κ1) is 35.7. The van der Waals surface area contributed by atoms with Crippen molar-refractivity contribution in [1.82, 2.24) is 10.2 Å². The summed E-state index contributed by atoms with van der Waals surface area (Å²) in [6, 6.07) is 18.2. The van der Waals surface area contributed by atoms with E-state index in [0.29, 0.717) is 46.1 Å². The largest absolute Gasteiger partial charge is 0.481 e. The van der Waals surface area contributed by atoms with E-state index in [-0.39, 0.29) is 23.8 Å². The van der Waals surface area contributed by atoms with E-state index in [9.17, 15) is 18.0 Å². The highest BCUT2D eigenvalue weighted by Crippen LogP contribution is 2.39. The van der Waals surface area contributed by atoms with E-state index in [4.69, 9.17) is 51.5 Å². The molecule has 14 heteroatoms. The third-order valence-electron chi connectivity index (χ3n) is 6.81. The van der Waals surface area contributed by atoms with Gasteiger partial charge in [0.15, 0.2) is 9.84 Å². The van der Waals surface area contributed by atoms with Gasteiger partial charge in [0.1, 0.15) is 0 Å². The van der Waals surface area contributed by atoms with E-state index in [1.807, 2.05) is 18.2 Å². The minimum Gasteiger partial charge on any atom is -0.481 e. The van der Waals surface area contributed by atoms with Crippen molar-refractivity contribution in [3.63, 3.8) is 0 Å². The molecular formula is C31H30Cl4N2O5S3. The number of carbonyl (C=O) groups is 2. The molecule has 1 aliphatic heterocycles. The number of sulfone groups is 1. The third-order valence-corrected chi connectivity index (χ3v) is 11.9. The lowest BCUT2D eigenvalue weighted by atomic mass is 10.2. The summed E-state index contributed by atoms with van der Waals surface area (Å²) in [6.45, 7) is 2.54. The van der Waals surface area contributed by atoms with Gasteiger partial charge in [0.2, 0.25) is 5.91 Å². The van der Waals surface area contributed by atoms with Crippen LogP contribution in [0.2, 0.25) is 20.1 Å². The Hall–Kier alpha value is -2.15. The fourth-order valence-electron chi connectivity index (χ4n) is 4.56. The second kappa shape index (κ2) is 16.6. The third kappa shape index (κ3) is 10.7. The maximum absolute atomic E-state index is 12.2. The number of carboxylic acids is 1. The summed E-state index contributed by atoms with van der Waals surface area (Å²) in [6.07, 6.45) is 1.14. The summed E-state index contributed by atoms with van der Waals surface area (Å²) in [5.74, 6) is -0.408. The number of hydrogen-bond donors (Lipinski definition) is 2. The molecule has 1 saturated heterocycles. The van der Waals surface area contributed by atoms with Crippen LogP contribution in [0.5, 0.6) is 0 Å². The zero-order chi connectivity index (χ0) is 32.6. The van der Waals surface area contributed by atoms with E-state index in [1.54, 1.807) is 42.5 Å². The second-order valence-electron chi connectivity index (χ2n) is 10.2. The molecule has 1 fully saturated rings. The van der Waals surface area contributed by atoms with E-state index >= 15 is 0 Å². The lowest BCUT2D eigenvalue weighted by Gasteiger charge is -2.26. The fraction of sp³-hybridized carbons (Fsp3) is 0.290. The number of rotatable bonds is 10. The maximum Gasteiger partial charge on any atom is 0.308 e. The van der Waals surface area contributed by atoms with E-state index < -0.39 is 15.8 Å². The van der Waals surface area contributed by atoms with Crippen molar-refractivity contribution in [2.45, 2.75) is 19.3 Å². The van der Waals surface area contributed by atoms with Gasteiger partial charge in [0.05, 0.1) is 44.4 Å². The highest BCUT2D eigenvalue weighted by Gasteiger charge is 2.21. The smallest absolute Gasteiger partial charge is 0.308 e. The zero-order valence-electron chi connectivity index (χ0n) is 23.9. The van der Waals surface area contributed by atoms with Crippen LogP contribution in [0.15, 0.2) is 60.7 Å². The van der Waals surface area contributed by atoms with Gasteiger partial charge < -0.3 is 15.3 Å². The van der Waals surface area contributed by atoms with Crippen molar-refractivity contribution in [2.75, 3.05) is 37.7 Å². The van der Waals surface area contributed by atoms with Crippen LogP contribution in [0, 0.1) is 0 Å². The maximum atomic E-state index is 12.2. The Kier molecular flexibility index (Phi) is 13.2. The van der Waals surface area contributed by atoms with Gasteiger partial charge in [-0.1, -0.05) is 58.5 Å². The Morgan fingerprint density at radius 2 is 1.22 bits per heavy atom. The number of aliphatic carboxylic acids is 1. The molecule has 2 N–H and O–H groups in total. The van der Waals surface area contributed by atoms with Gasteiger partial charge in [-0.15, -0.1) is 22.7 Å². The summed E-state index contributed by atoms with van der Waals surface area (Å²) in [4.78, 5) is 28.5. The molecule has 0 atom stereocenters. The molecule has 0 spiro atoms. The summed E-state index contributed by atoms with van der Waals surface area (Å²) in [7, 11) is -2.84. The average Bonchev–Trinajstić information content (AvgIpc) is 3.61. The number of nitrogens with one attached hydrogen (secondary N) is 1. The Balaban J connectivity index is 0.000000231. The minimum absolute atomic E-state index is 0.0206. The second-order valence-corrected chi connectivity index (χ2v) is 16.4. The monoisotopic (exact) mass is 746 g/mol. The Labute approximate surface area is 290 Å². The molecule has 0 aliphatic carbocycles. The normalized spacial score (nSPS) is 14.4. The number of nitrogens with zero attached hydrogens (tertiary/aromatic N) is 1. The molecule has 1 amide bonds. The van der Waals surface area contributed by atoms with Gasteiger partial charge in [0.25, 0.3) is 0 Å². The summed E-state index contributed by atoms with van der Waals surface area (Å²) >= 11 is 27.6. The molecule has 5 rings (SSSR count). The molecule has 4 aromatic rings. The number of benzene rings is 2. The molecule has 240 valence electrons. The molecule has 45 heavy (non-hydrogen) atoms. The van der Waals surface area contributed by atoms with Crippen molar-refractivity contribution in [1.29, 1.82) is 0 Å². The highest BCUT2D eigenvalue weighted by atomic mass is 35.5. The molecular weight excluding hydrogens is 718 g/mol. The van der Waals surface area contributed by atoms with Crippen LogP contribution in [0.25, 0.3) is 20.9 Å². The molecule has 2 aromatic heterocycles. The Morgan fingerprint density at radius 3 is 1.69 bits per heavy atom. The van der Waals surface area contributed by atoms with Crippen molar-refractivity contribution in [3.05, 3.63) is 90.5 Å². The van der Waals surface area contributed by atoms with Gasteiger partial charge in [-0.2, -0.15) is 0 Å². The van der Waals surface area contributed by atoms with Crippen LogP contribution >= 0.6 is 69.1 Å². The number of hydrogen-bond acceptors (Lipinski definition) is 7. The predicted molar refractivity (Wildman–Crippen MR) is 187 cm³/mol. The number of thiophene rings is 2. The molecule has 0 radical (unpaired) electrons. The Bertz CT molecular complexity index is 1700. The fourth-order valence-corrected chi connectivity index (χ4v) is 9.41. The summed E-state index contributed by atoms with van der Waals surface area (Å²) in [5, 5.41) is 14.0. The lowest BCUT2D eigenvalue weighted by Crippen LogP contribution is -2.41. The SMILES string of the molecule is O=C(Cc1ccc(-c2c(Cl)cccc2Cl)s1)NCCCN1CCS(=O)(=O)CC1.O=C(O)Cc1ccc(-c2c(Cl)cccc2Cl)s1. The quantitative estimate of drug-likeness (QED) is 0.160. The first-order valence-electron chi connectivity index (χ1n) is 13.9. The highest BCUT2D eigenvalue weighted by molar-refractivity contribution is 7.91. The molecule has 7 nitrogen and oxygen atoms in total. The van der Waals surface area contributed by atoms with Crippen LogP contribution < -0.4 is 5.32 Å². The van der Waals surface area contributed by atoms with Crippen LogP contribution in [0.3, 0.4) is 0 Å². The predicted octanol–water partition coefficient (Wildman–Crippen LogP) is 7.85. The van der Waals surface area contributed by atoms with Gasteiger partial charge in [0, 0.05) is 50.3 Å². The van der Waals surface area contributed by atoms with Crippen LogP contribution in [0.1, 0.15) is 16.2 Å². The summed E-state index contributed by atoms with van der Waals surface area (Å²) in [5.41, 5.74) is 1.56. The van der Waals surface area contributed by atoms with Gasteiger partial charge in [-0.25, -0.2) is 8.42 Å². The van der Waals surface area contributed by atoms with Gasteiger partial charge in [-0.05, 0) is 61.5 Å². The van der Waals surface area contributed by atoms with Crippen molar-refractivity contribution in [3.8, 4) is 20.9 Å². The molecule has 1 aliphatic rings. The molecule has 0 unspecified atom stereocenters. The van der Waals surface area contributed by atoms with Gasteiger partial charge in [-0.3, -0.25) is 9.59 Å². The van der Waals surface area contributed by atoms with Crippen molar-refractivity contribution >= 4 is 90.8 Å². The number of carbonyl (C=O) groups excluding carboxylic acids is 1. The zero-order valence-corrected chi connectivity index (χ0v) is 29.4. The molecule has 2 aromatic carbocycles. The van der Waals surface area contributed by atoms with Crippen LogP contribution in [-0.2, 0) is 32.3 Å². The first-order valence-corrected chi connectivity index (χ1v) is 18.9. The Morgan fingerprint density at radius 1 is 0.756 bits per heavy atom. The minimum atomic E-state index is -2.84. The molecule has 0 saturated carbocycles. The average molecular weight is 749 g/mol. The van der Waals surface area contributed by atoms with Crippen LogP contribution in [0.4, 0.5) is 0 Å². The molecule has 3 heterocycles.